The summed E-state index contributed by atoms with van der Waals surface area (Å²) >= 11 is 0. The first-order chi connectivity index (χ1) is 9.54. The summed E-state index contributed by atoms with van der Waals surface area (Å²) in [6, 6.07) is 5.68. The zero-order chi connectivity index (χ0) is 14.7. The second kappa shape index (κ2) is 6.13. The molecule has 1 unspecified atom stereocenters. The molecule has 1 aliphatic heterocycles. The van der Waals surface area contributed by atoms with Gasteiger partial charge in [0.25, 0.3) is 0 Å². The van der Waals surface area contributed by atoms with Crippen molar-refractivity contribution < 1.29 is 14.6 Å². The van der Waals surface area contributed by atoms with E-state index in [0.717, 1.165) is 30.6 Å². The van der Waals surface area contributed by atoms with Gasteiger partial charge in [-0.2, -0.15) is 0 Å². The number of nitrogens with zero attached hydrogens (tertiary/aromatic N) is 1. The average Bonchev–Trinajstić information content (AvgIpc) is 2.46. The van der Waals surface area contributed by atoms with Crippen molar-refractivity contribution in [2.45, 2.75) is 25.9 Å². The first-order valence-corrected chi connectivity index (χ1v) is 6.93. The number of amides is 1. The van der Waals surface area contributed by atoms with Crippen LogP contribution >= 0.6 is 0 Å². The highest BCUT2D eigenvalue weighted by atomic mass is 16.5. The standard InChI is InChI=1S/C15H22N2O3/c1-10(18)14-12(6-3-7-13(14)20-2)17-8-4-5-11(9-17)15(16)19/h3,6-7,10-11,18H,4-5,8-9H2,1-2H3,(H2,16,19)/t10-,11?/m0/s1. The summed E-state index contributed by atoms with van der Waals surface area (Å²) in [5.41, 5.74) is 7.11. The van der Waals surface area contributed by atoms with Gasteiger partial charge in [0.1, 0.15) is 5.75 Å². The Morgan fingerprint density at radius 1 is 1.55 bits per heavy atom. The van der Waals surface area contributed by atoms with Gasteiger partial charge in [0.05, 0.1) is 19.1 Å². The SMILES string of the molecule is COc1cccc(N2CCCC(C(N)=O)C2)c1[C@H](C)O. The summed E-state index contributed by atoms with van der Waals surface area (Å²) in [6.45, 7) is 3.18. The Morgan fingerprint density at radius 3 is 2.90 bits per heavy atom. The number of aliphatic hydroxyl groups is 1. The topological polar surface area (TPSA) is 75.8 Å². The molecular formula is C15H22N2O3. The molecule has 1 heterocycles. The van der Waals surface area contributed by atoms with Gasteiger partial charge < -0.3 is 20.5 Å². The van der Waals surface area contributed by atoms with Crippen molar-refractivity contribution in [1.29, 1.82) is 0 Å². The average molecular weight is 278 g/mol. The van der Waals surface area contributed by atoms with Crippen LogP contribution in [0.4, 0.5) is 5.69 Å². The van der Waals surface area contributed by atoms with Crippen molar-refractivity contribution in [3.05, 3.63) is 23.8 Å². The molecule has 0 spiro atoms. The monoisotopic (exact) mass is 278 g/mol. The highest BCUT2D eigenvalue weighted by Crippen LogP contribution is 2.36. The molecule has 3 N–H and O–H groups in total. The van der Waals surface area contributed by atoms with Gasteiger partial charge in [0, 0.05) is 24.3 Å². The molecule has 5 nitrogen and oxygen atoms in total. The van der Waals surface area contributed by atoms with Gasteiger partial charge in [0.2, 0.25) is 5.91 Å². The summed E-state index contributed by atoms with van der Waals surface area (Å²) in [5.74, 6) is 0.284. The molecule has 1 aromatic rings. The number of piperidine rings is 1. The summed E-state index contributed by atoms with van der Waals surface area (Å²) < 4.78 is 5.33. The molecule has 2 rings (SSSR count). The predicted molar refractivity (Wildman–Crippen MR) is 77.8 cm³/mol. The molecule has 0 aliphatic carbocycles. The molecule has 1 fully saturated rings. The Labute approximate surface area is 119 Å². The van der Waals surface area contributed by atoms with Crippen LogP contribution in [-0.2, 0) is 4.79 Å². The molecule has 0 bridgehead atoms. The fourth-order valence-electron chi connectivity index (χ4n) is 2.83. The van der Waals surface area contributed by atoms with E-state index in [1.54, 1.807) is 14.0 Å². The minimum Gasteiger partial charge on any atom is -0.496 e. The Morgan fingerprint density at radius 2 is 2.30 bits per heavy atom. The molecule has 5 heteroatoms. The molecule has 0 radical (unpaired) electrons. The van der Waals surface area contributed by atoms with Crippen molar-refractivity contribution in [2.24, 2.45) is 11.7 Å². The molecule has 0 saturated carbocycles. The van der Waals surface area contributed by atoms with E-state index in [-0.39, 0.29) is 11.8 Å². The Hall–Kier alpha value is -1.75. The number of ether oxygens (including phenoxy) is 1. The van der Waals surface area contributed by atoms with E-state index < -0.39 is 6.10 Å². The maximum Gasteiger partial charge on any atom is 0.222 e. The zero-order valence-corrected chi connectivity index (χ0v) is 12.0. The molecule has 1 aliphatic rings. The van der Waals surface area contributed by atoms with Crippen LogP contribution in [0, 0.1) is 5.92 Å². The van der Waals surface area contributed by atoms with Crippen molar-refractivity contribution in [3.63, 3.8) is 0 Å². The highest BCUT2D eigenvalue weighted by Gasteiger charge is 2.27. The molecule has 110 valence electrons. The first kappa shape index (κ1) is 14.7. The molecule has 1 amide bonds. The number of carbonyl (C=O) groups excluding carboxylic acids is 1. The Kier molecular flexibility index (Phi) is 4.49. The maximum absolute atomic E-state index is 11.4. The first-order valence-electron chi connectivity index (χ1n) is 6.93. The van der Waals surface area contributed by atoms with Crippen LogP contribution in [-0.4, -0.2) is 31.2 Å². The molecule has 1 saturated heterocycles. The van der Waals surface area contributed by atoms with Crippen LogP contribution in [0.2, 0.25) is 0 Å². The number of carbonyl (C=O) groups is 1. The van der Waals surface area contributed by atoms with Crippen LogP contribution < -0.4 is 15.4 Å². The van der Waals surface area contributed by atoms with Crippen molar-refractivity contribution in [2.75, 3.05) is 25.1 Å². The van der Waals surface area contributed by atoms with E-state index >= 15 is 0 Å². The number of methoxy groups -OCH3 is 1. The van der Waals surface area contributed by atoms with Gasteiger partial charge in [0.15, 0.2) is 0 Å². The fraction of sp³-hybridized carbons (Fsp3) is 0.533. The van der Waals surface area contributed by atoms with E-state index in [2.05, 4.69) is 4.90 Å². The van der Waals surface area contributed by atoms with E-state index in [1.165, 1.54) is 0 Å². The van der Waals surface area contributed by atoms with E-state index in [1.807, 2.05) is 18.2 Å². The number of rotatable bonds is 4. The fourth-order valence-corrected chi connectivity index (χ4v) is 2.83. The lowest BCUT2D eigenvalue weighted by atomic mass is 9.95. The number of hydrogen-bond donors (Lipinski definition) is 2. The minimum atomic E-state index is -0.630. The lowest BCUT2D eigenvalue weighted by Gasteiger charge is -2.35. The summed E-state index contributed by atoms with van der Waals surface area (Å²) in [7, 11) is 1.59. The Balaban J connectivity index is 2.34. The predicted octanol–water partition coefficient (Wildman–Crippen LogP) is 1.45. The number of hydrogen-bond acceptors (Lipinski definition) is 4. The Bertz CT molecular complexity index is 488. The highest BCUT2D eigenvalue weighted by molar-refractivity contribution is 5.78. The van der Waals surface area contributed by atoms with Crippen LogP contribution in [0.15, 0.2) is 18.2 Å². The quantitative estimate of drug-likeness (QED) is 0.874. The van der Waals surface area contributed by atoms with E-state index in [9.17, 15) is 9.90 Å². The van der Waals surface area contributed by atoms with E-state index in [0.29, 0.717) is 12.3 Å². The van der Waals surface area contributed by atoms with Crippen LogP contribution in [0.5, 0.6) is 5.75 Å². The van der Waals surface area contributed by atoms with Gasteiger partial charge in [-0.05, 0) is 31.9 Å². The molecular weight excluding hydrogens is 256 g/mol. The minimum absolute atomic E-state index is 0.128. The number of anilines is 1. The van der Waals surface area contributed by atoms with Crippen LogP contribution in [0.3, 0.4) is 0 Å². The second-order valence-electron chi connectivity index (χ2n) is 5.26. The number of nitrogens with two attached hydrogens (primary N) is 1. The summed E-state index contributed by atoms with van der Waals surface area (Å²) in [4.78, 5) is 13.5. The lowest BCUT2D eigenvalue weighted by Crippen LogP contribution is -2.41. The molecule has 0 aromatic heterocycles. The smallest absolute Gasteiger partial charge is 0.222 e. The van der Waals surface area contributed by atoms with Crippen molar-refractivity contribution in [3.8, 4) is 5.75 Å². The van der Waals surface area contributed by atoms with Crippen molar-refractivity contribution >= 4 is 11.6 Å². The zero-order valence-electron chi connectivity index (χ0n) is 12.0. The second-order valence-corrected chi connectivity index (χ2v) is 5.26. The number of benzene rings is 1. The third-order valence-electron chi connectivity index (χ3n) is 3.85. The third kappa shape index (κ3) is 2.88. The van der Waals surface area contributed by atoms with Crippen molar-refractivity contribution in [1.82, 2.24) is 0 Å². The molecule has 1 aromatic carbocycles. The van der Waals surface area contributed by atoms with Crippen LogP contribution in [0.1, 0.15) is 31.4 Å². The lowest BCUT2D eigenvalue weighted by molar-refractivity contribution is -0.122. The van der Waals surface area contributed by atoms with Gasteiger partial charge >= 0.3 is 0 Å². The molecule has 2 atom stereocenters. The number of aliphatic hydroxyl groups excluding tert-OH is 1. The van der Waals surface area contributed by atoms with Gasteiger partial charge in [-0.1, -0.05) is 6.07 Å². The van der Waals surface area contributed by atoms with Crippen LogP contribution in [0.25, 0.3) is 0 Å². The normalized spacial score (nSPS) is 20.6. The van der Waals surface area contributed by atoms with Gasteiger partial charge in [-0.25, -0.2) is 0 Å². The largest absolute Gasteiger partial charge is 0.496 e. The number of primary amides is 1. The maximum atomic E-state index is 11.4. The third-order valence-corrected chi connectivity index (χ3v) is 3.85. The van der Waals surface area contributed by atoms with E-state index in [4.69, 9.17) is 10.5 Å². The molecule has 20 heavy (non-hydrogen) atoms. The van der Waals surface area contributed by atoms with Gasteiger partial charge in [-0.3, -0.25) is 4.79 Å². The van der Waals surface area contributed by atoms with Gasteiger partial charge in [-0.15, -0.1) is 0 Å². The summed E-state index contributed by atoms with van der Waals surface area (Å²) in [6.07, 6.45) is 1.12. The summed E-state index contributed by atoms with van der Waals surface area (Å²) in [5, 5.41) is 10.0.